The van der Waals surface area contributed by atoms with Crippen molar-refractivity contribution in [1.29, 1.82) is 0 Å². The predicted molar refractivity (Wildman–Crippen MR) is 90.2 cm³/mol. The molecule has 8 heteroatoms. The molecular formula is C16H25N5O3. The van der Waals surface area contributed by atoms with Gasteiger partial charge in [-0.05, 0) is 0 Å². The van der Waals surface area contributed by atoms with Crippen LogP contribution in [0.2, 0.25) is 0 Å². The molecule has 1 aromatic heterocycles. The first-order valence-corrected chi connectivity index (χ1v) is 8.20. The lowest BCUT2D eigenvalue weighted by molar-refractivity contribution is -0.124. The number of rotatable bonds is 6. The fourth-order valence-electron chi connectivity index (χ4n) is 3.38. The second-order valence-corrected chi connectivity index (χ2v) is 6.57. The van der Waals surface area contributed by atoms with E-state index < -0.39 is 0 Å². The highest BCUT2D eigenvalue weighted by atomic mass is 16.5. The Morgan fingerprint density at radius 3 is 3.04 bits per heavy atom. The third-order valence-electron chi connectivity index (χ3n) is 4.70. The largest absolute Gasteiger partial charge is 0.376 e. The smallest absolute Gasteiger partial charge is 0.245 e. The summed E-state index contributed by atoms with van der Waals surface area (Å²) in [5.41, 5.74) is 0. The van der Waals surface area contributed by atoms with Crippen LogP contribution in [0.4, 0.5) is 11.6 Å². The molecule has 0 unspecified atom stereocenters. The van der Waals surface area contributed by atoms with Crippen molar-refractivity contribution in [3.8, 4) is 0 Å². The molecule has 2 fully saturated rings. The Kier molecular flexibility index (Phi) is 5.15. The Hall–Kier alpha value is -1.93. The molecule has 2 saturated heterocycles. The molecule has 0 spiro atoms. The molecule has 1 aromatic rings. The SMILES string of the molecule is COCC(=O)NC[C@H]1CO[C@H]2CN(c3cc(N(C)C)ncn3)C[C@@H]12. The normalized spacial score (nSPS) is 25.6. The van der Waals surface area contributed by atoms with E-state index in [1.165, 1.54) is 7.11 Å². The number of carbonyl (C=O) groups excluding carboxylic acids is 1. The zero-order valence-electron chi connectivity index (χ0n) is 14.4. The number of hydrogen-bond acceptors (Lipinski definition) is 7. The van der Waals surface area contributed by atoms with Crippen molar-refractivity contribution in [1.82, 2.24) is 15.3 Å². The zero-order chi connectivity index (χ0) is 17.1. The predicted octanol–water partition coefficient (Wildman–Crippen LogP) is -0.244. The molecule has 3 heterocycles. The van der Waals surface area contributed by atoms with Gasteiger partial charge in [-0.3, -0.25) is 4.79 Å². The number of hydrogen-bond donors (Lipinski definition) is 1. The summed E-state index contributed by atoms with van der Waals surface area (Å²) in [5.74, 6) is 2.47. The van der Waals surface area contributed by atoms with E-state index >= 15 is 0 Å². The van der Waals surface area contributed by atoms with Crippen LogP contribution in [0.25, 0.3) is 0 Å². The van der Waals surface area contributed by atoms with Crippen molar-refractivity contribution in [3.63, 3.8) is 0 Å². The molecule has 24 heavy (non-hydrogen) atoms. The molecule has 8 nitrogen and oxygen atoms in total. The summed E-state index contributed by atoms with van der Waals surface area (Å²) < 4.78 is 10.8. The fourth-order valence-corrected chi connectivity index (χ4v) is 3.38. The van der Waals surface area contributed by atoms with Gasteiger partial charge in [0.05, 0.1) is 12.7 Å². The van der Waals surface area contributed by atoms with Crippen LogP contribution >= 0.6 is 0 Å². The van der Waals surface area contributed by atoms with E-state index in [1.54, 1.807) is 6.33 Å². The maximum absolute atomic E-state index is 11.6. The molecule has 0 bridgehead atoms. The average molecular weight is 335 g/mol. The number of carbonyl (C=O) groups is 1. The van der Waals surface area contributed by atoms with E-state index in [-0.39, 0.29) is 18.6 Å². The van der Waals surface area contributed by atoms with Gasteiger partial charge in [-0.15, -0.1) is 0 Å². The van der Waals surface area contributed by atoms with Crippen molar-refractivity contribution in [2.75, 3.05) is 63.9 Å². The average Bonchev–Trinajstić information content (AvgIpc) is 3.14. The standard InChI is InChI=1S/C16H25N5O3/c1-20(2)14-4-15(19-10-18-14)21-6-12-11(8-24-13(12)7-21)5-17-16(22)9-23-3/h4,10-13H,5-9H2,1-3H3,(H,17,22)/t11-,12-,13-/m0/s1. The van der Waals surface area contributed by atoms with E-state index in [9.17, 15) is 4.79 Å². The number of nitrogens with zero attached hydrogens (tertiary/aromatic N) is 4. The zero-order valence-corrected chi connectivity index (χ0v) is 14.4. The second kappa shape index (κ2) is 7.31. The Morgan fingerprint density at radius 2 is 2.29 bits per heavy atom. The summed E-state index contributed by atoms with van der Waals surface area (Å²) >= 11 is 0. The van der Waals surface area contributed by atoms with Gasteiger partial charge in [0.1, 0.15) is 24.6 Å². The summed E-state index contributed by atoms with van der Waals surface area (Å²) in [4.78, 5) is 24.4. The quantitative estimate of drug-likeness (QED) is 0.768. The lowest BCUT2D eigenvalue weighted by atomic mass is 9.93. The summed E-state index contributed by atoms with van der Waals surface area (Å²) in [6.07, 6.45) is 1.80. The van der Waals surface area contributed by atoms with E-state index in [0.29, 0.717) is 25.0 Å². The van der Waals surface area contributed by atoms with Gasteiger partial charge in [0.2, 0.25) is 5.91 Å². The van der Waals surface area contributed by atoms with Gasteiger partial charge >= 0.3 is 0 Å². The lowest BCUT2D eigenvalue weighted by Gasteiger charge is -2.22. The van der Waals surface area contributed by atoms with Gasteiger partial charge in [0.25, 0.3) is 0 Å². The molecule has 1 amide bonds. The number of fused-ring (bicyclic) bond motifs is 1. The first-order chi connectivity index (χ1) is 11.6. The molecule has 1 N–H and O–H groups in total. The van der Waals surface area contributed by atoms with Crippen molar-refractivity contribution in [2.45, 2.75) is 6.10 Å². The summed E-state index contributed by atoms with van der Waals surface area (Å²) in [7, 11) is 5.45. The monoisotopic (exact) mass is 335 g/mol. The minimum atomic E-state index is -0.0813. The third kappa shape index (κ3) is 3.59. The maximum atomic E-state index is 11.6. The third-order valence-corrected chi connectivity index (χ3v) is 4.70. The number of aromatic nitrogens is 2. The van der Waals surface area contributed by atoms with Gasteiger partial charge < -0.3 is 24.6 Å². The van der Waals surface area contributed by atoms with Gasteiger partial charge in [-0.25, -0.2) is 9.97 Å². The Labute approximate surface area is 142 Å². The van der Waals surface area contributed by atoms with Crippen molar-refractivity contribution in [3.05, 3.63) is 12.4 Å². The molecular weight excluding hydrogens is 310 g/mol. The lowest BCUT2D eigenvalue weighted by Crippen LogP contribution is -2.36. The Morgan fingerprint density at radius 1 is 1.46 bits per heavy atom. The van der Waals surface area contributed by atoms with Crippen LogP contribution in [0.1, 0.15) is 0 Å². The first-order valence-electron chi connectivity index (χ1n) is 8.20. The minimum Gasteiger partial charge on any atom is -0.376 e. The molecule has 0 aliphatic carbocycles. The van der Waals surface area contributed by atoms with Crippen molar-refractivity contribution < 1.29 is 14.3 Å². The Bertz CT molecular complexity index is 583. The van der Waals surface area contributed by atoms with Crippen LogP contribution in [0.15, 0.2) is 12.4 Å². The van der Waals surface area contributed by atoms with E-state index in [1.807, 2.05) is 25.1 Å². The van der Waals surface area contributed by atoms with Crippen LogP contribution in [0.3, 0.4) is 0 Å². The Balaban J connectivity index is 1.60. The summed E-state index contributed by atoms with van der Waals surface area (Å²) in [5, 5.41) is 2.92. The molecule has 3 rings (SSSR count). The highest BCUT2D eigenvalue weighted by molar-refractivity contribution is 5.77. The minimum absolute atomic E-state index is 0.0813. The fraction of sp³-hybridized carbons (Fsp3) is 0.688. The van der Waals surface area contributed by atoms with Gasteiger partial charge in [-0.2, -0.15) is 0 Å². The topological polar surface area (TPSA) is 79.8 Å². The molecule has 0 saturated carbocycles. The number of ether oxygens (including phenoxy) is 2. The van der Waals surface area contributed by atoms with Gasteiger partial charge in [0.15, 0.2) is 0 Å². The van der Waals surface area contributed by atoms with E-state index in [0.717, 1.165) is 24.7 Å². The molecule has 0 radical (unpaired) electrons. The number of nitrogens with one attached hydrogen (secondary N) is 1. The maximum Gasteiger partial charge on any atom is 0.245 e. The van der Waals surface area contributed by atoms with Crippen molar-refractivity contribution in [2.24, 2.45) is 11.8 Å². The number of anilines is 2. The van der Waals surface area contributed by atoms with Crippen LogP contribution in [-0.4, -0.2) is 76.0 Å². The van der Waals surface area contributed by atoms with E-state index in [2.05, 4.69) is 20.2 Å². The van der Waals surface area contributed by atoms with Gasteiger partial charge in [-0.1, -0.05) is 0 Å². The van der Waals surface area contributed by atoms with Gasteiger partial charge in [0, 0.05) is 58.7 Å². The summed E-state index contributed by atoms with van der Waals surface area (Å²) in [6.45, 7) is 3.14. The van der Waals surface area contributed by atoms with Crippen LogP contribution in [0.5, 0.6) is 0 Å². The highest BCUT2D eigenvalue weighted by Gasteiger charge is 2.44. The summed E-state index contributed by atoms with van der Waals surface area (Å²) in [6, 6.07) is 2.00. The second-order valence-electron chi connectivity index (χ2n) is 6.57. The number of methoxy groups -OCH3 is 1. The molecule has 2 aliphatic heterocycles. The van der Waals surface area contributed by atoms with Crippen LogP contribution in [0, 0.1) is 11.8 Å². The highest BCUT2D eigenvalue weighted by Crippen LogP contribution is 2.35. The van der Waals surface area contributed by atoms with E-state index in [4.69, 9.17) is 9.47 Å². The van der Waals surface area contributed by atoms with Crippen LogP contribution in [-0.2, 0) is 14.3 Å². The first kappa shape index (κ1) is 16.9. The molecule has 132 valence electrons. The molecule has 2 aliphatic rings. The molecule has 0 aromatic carbocycles. The van der Waals surface area contributed by atoms with Crippen molar-refractivity contribution >= 4 is 17.5 Å². The molecule has 3 atom stereocenters. The number of amides is 1. The van der Waals surface area contributed by atoms with Crippen LogP contribution < -0.4 is 15.1 Å².